The van der Waals surface area contributed by atoms with Gasteiger partial charge in [0.05, 0.1) is 51.7 Å². The zero-order chi connectivity index (χ0) is 42.5. The number of ether oxygens (including phenoxy) is 5. The van der Waals surface area contributed by atoms with Crippen LogP contribution in [0.2, 0.25) is 0 Å². The number of fused-ring (bicyclic) bond motifs is 2. The molecule has 0 aliphatic carbocycles. The summed E-state index contributed by atoms with van der Waals surface area (Å²) in [5.41, 5.74) is 0.751. The van der Waals surface area contributed by atoms with Crippen molar-refractivity contribution in [3.8, 4) is 23.0 Å². The molecule has 6 rings (SSSR count). The van der Waals surface area contributed by atoms with Crippen LogP contribution < -0.4 is 18.9 Å². The molecular formula is C39H41F2N3O13S. The number of carbonyl (C=O) groups is 7. The molecule has 1 unspecified atom stereocenters. The average Bonchev–Trinajstić information content (AvgIpc) is 4.01. The third-order valence-corrected chi connectivity index (χ3v) is 11.0. The third kappa shape index (κ3) is 9.30. The highest BCUT2D eigenvalue weighted by molar-refractivity contribution is 7.20. The fourth-order valence-corrected chi connectivity index (χ4v) is 7.83. The predicted molar refractivity (Wildman–Crippen MR) is 199 cm³/mol. The Morgan fingerprint density at radius 1 is 0.879 bits per heavy atom. The molecule has 4 amide bonds. The SMILES string of the molecule is [3H]C1CC(=O)N(CC(=O)N2CC[C@H](OC(=O)CCC(=O)c3cc4c(F)c(OCCCOc5c(OC)cc6c(c5F)CN(C(=O)CCC(=O)O)C6)c(OC)cc4s3)C2)C1=O. The van der Waals surface area contributed by atoms with E-state index in [4.69, 9.17) is 30.2 Å². The minimum absolute atomic E-state index is 0.0519. The molecular weight excluding hydrogens is 789 g/mol. The fraction of sp³-hybridized carbons (Fsp3) is 0.462. The van der Waals surface area contributed by atoms with E-state index in [1.807, 2.05) is 0 Å². The number of likely N-dealkylation sites (tertiary alicyclic amines) is 2. The number of methoxy groups -OCH3 is 2. The Bertz CT molecular complexity index is 2200. The maximum absolute atomic E-state index is 15.8. The first kappa shape index (κ1) is 40.4. The topological polar surface area (TPSA) is 196 Å². The summed E-state index contributed by atoms with van der Waals surface area (Å²) < 4.78 is 66.9. The number of carboxylic acid groups (broad SMARTS) is 1. The van der Waals surface area contributed by atoms with Gasteiger partial charge in [-0.2, -0.15) is 0 Å². The first-order valence-corrected chi connectivity index (χ1v) is 19.2. The highest BCUT2D eigenvalue weighted by atomic mass is 32.1. The number of benzene rings is 2. The molecule has 0 radical (unpaired) electrons. The maximum atomic E-state index is 15.8. The van der Waals surface area contributed by atoms with Crippen LogP contribution in [0.25, 0.3) is 10.1 Å². The molecule has 0 bridgehead atoms. The largest absolute Gasteiger partial charge is 0.493 e. The summed E-state index contributed by atoms with van der Waals surface area (Å²) >= 11 is 1.01. The van der Waals surface area contributed by atoms with Gasteiger partial charge in [-0.15, -0.1) is 11.3 Å². The van der Waals surface area contributed by atoms with Gasteiger partial charge in [-0.25, -0.2) is 8.78 Å². The Balaban J connectivity index is 0.983. The van der Waals surface area contributed by atoms with Crippen LogP contribution in [0, 0.1) is 11.6 Å². The van der Waals surface area contributed by atoms with Gasteiger partial charge in [0.25, 0.3) is 0 Å². The highest BCUT2D eigenvalue weighted by Crippen LogP contribution is 2.41. The number of imide groups is 1. The molecule has 16 nitrogen and oxygen atoms in total. The molecule has 3 aliphatic heterocycles. The Kier molecular flexibility index (Phi) is 12.6. The number of amides is 4. The number of carbonyl (C=O) groups excluding carboxylic acids is 6. The van der Waals surface area contributed by atoms with Gasteiger partial charge in [-0.3, -0.25) is 38.5 Å². The number of halogens is 2. The van der Waals surface area contributed by atoms with E-state index in [0.29, 0.717) is 16.7 Å². The lowest BCUT2D eigenvalue weighted by Crippen LogP contribution is -2.42. The molecule has 2 aromatic carbocycles. The van der Waals surface area contributed by atoms with E-state index in [-0.39, 0.29) is 117 Å². The number of thiophene rings is 1. The second-order valence-electron chi connectivity index (χ2n) is 13.7. The maximum Gasteiger partial charge on any atom is 0.306 e. The van der Waals surface area contributed by atoms with Gasteiger partial charge in [0.2, 0.25) is 23.6 Å². The van der Waals surface area contributed by atoms with Crippen molar-refractivity contribution < 1.29 is 72.5 Å². The van der Waals surface area contributed by atoms with Crippen LogP contribution in [0.4, 0.5) is 8.78 Å². The van der Waals surface area contributed by atoms with Crippen molar-refractivity contribution in [1.29, 1.82) is 0 Å². The Hall–Kier alpha value is -5.85. The van der Waals surface area contributed by atoms with Gasteiger partial charge in [-0.1, -0.05) is 0 Å². The number of hydrogen-bond donors (Lipinski definition) is 1. The van der Waals surface area contributed by atoms with E-state index in [1.165, 1.54) is 36.2 Å². The van der Waals surface area contributed by atoms with E-state index in [1.54, 1.807) is 6.07 Å². The Labute approximate surface area is 335 Å². The standard InChI is InChI=1S/C39H41F2N3O13S/c1-53-26-14-21-17-43(30(46)7-8-34(50)51)19-24(21)37(41)38(26)55-12-3-13-56-39-27(54-2)16-28-23(36(39)40)15-29(58-28)25(45)4-9-35(52)57-22-10-11-42(18-22)33(49)20-44-31(47)5-6-32(44)48/h14-16,22H,3-13,17-20H2,1-2H3,(H,50,51)/t22-/m0/s1/i5T/t5?,22-. The van der Waals surface area contributed by atoms with Crippen LogP contribution in [0.1, 0.15) is 73.5 Å². The molecule has 19 heteroatoms. The highest BCUT2D eigenvalue weighted by Gasteiger charge is 2.35. The quantitative estimate of drug-likeness (QED) is 0.0837. The zero-order valence-electron chi connectivity index (χ0n) is 32.6. The molecule has 2 atom stereocenters. The molecule has 1 N–H and O–H groups in total. The second kappa shape index (κ2) is 18.2. The molecule has 3 aromatic rings. The predicted octanol–water partition coefficient (Wildman–Crippen LogP) is 4.01. The van der Waals surface area contributed by atoms with Crippen molar-refractivity contribution in [3.63, 3.8) is 0 Å². The number of nitrogens with zero attached hydrogens (tertiary/aromatic N) is 3. The van der Waals surface area contributed by atoms with E-state index in [2.05, 4.69) is 0 Å². The van der Waals surface area contributed by atoms with Crippen LogP contribution in [0.3, 0.4) is 0 Å². The van der Waals surface area contributed by atoms with Crippen molar-refractivity contribution in [3.05, 3.63) is 45.8 Å². The molecule has 2 saturated heterocycles. The first-order chi connectivity index (χ1) is 28.2. The molecule has 58 heavy (non-hydrogen) atoms. The second-order valence-corrected chi connectivity index (χ2v) is 14.8. The first-order valence-electron chi connectivity index (χ1n) is 19.0. The monoisotopic (exact) mass is 831 g/mol. The summed E-state index contributed by atoms with van der Waals surface area (Å²) in [4.78, 5) is 89.3. The van der Waals surface area contributed by atoms with Crippen molar-refractivity contribution >= 4 is 62.8 Å². The van der Waals surface area contributed by atoms with Crippen molar-refractivity contribution in [2.24, 2.45) is 0 Å². The number of carboxylic acids is 1. The Morgan fingerprint density at radius 2 is 1.59 bits per heavy atom. The van der Waals surface area contributed by atoms with Gasteiger partial charge in [0.15, 0.2) is 40.4 Å². The summed E-state index contributed by atoms with van der Waals surface area (Å²) in [6.07, 6.45) is -2.66. The smallest absolute Gasteiger partial charge is 0.306 e. The molecule has 0 spiro atoms. The normalized spacial score (nSPS) is 17.7. The molecule has 310 valence electrons. The van der Waals surface area contributed by atoms with Gasteiger partial charge in [-0.05, 0) is 17.7 Å². The van der Waals surface area contributed by atoms with E-state index < -0.39 is 72.0 Å². The fourth-order valence-electron chi connectivity index (χ4n) is 6.78. The molecule has 3 aliphatic rings. The van der Waals surface area contributed by atoms with Gasteiger partial charge >= 0.3 is 11.9 Å². The van der Waals surface area contributed by atoms with E-state index >= 15 is 8.78 Å². The minimum atomic E-state index is -1.21. The van der Waals surface area contributed by atoms with Crippen molar-refractivity contribution in [1.82, 2.24) is 14.7 Å². The number of rotatable bonds is 18. The lowest BCUT2D eigenvalue weighted by atomic mass is 10.1. The molecule has 2 fully saturated rings. The van der Waals surface area contributed by atoms with Crippen LogP contribution in [-0.2, 0) is 46.6 Å². The lowest BCUT2D eigenvalue weighted by Gasteiger charge is -2.20. The lowest BCUT2D eigenvalue weighted by molar-refractivity contribution is -0.149. The minimum Gasteiger partial charge on any atom is -0.493 e. The average molecular weight is 832 g/mol. The molecule has 1 aromatic heterocycles. The van der Waals surface area contributed by atoms with Gasteiger partial charge in [0.1, 0.15) is 12.6 Å². The van der Waals surface area contributed by atoms with Crippen LogP contribution in [0.15, 0.2) is 18.2 Å². The number of hydrogen-bond acceptors (Lipinski definition) is 13. The number of Topliss-reactive ketones (excluding diaryl/α,β-unsaturated/α-hetero) is 1. The zero-order valence-corrected chi connectivity index (χ0v) is 32.5. The summed E-state index contributed by atoms with van der Waals surface area (Å²) in [5, 5.41) is 8.98. The molecule has 4 heterocycles. The van der Waals surface area contributed by atoms with Crippen LogP contribution in [-0.4, -0.2) is 114 Å². The number of ketones is 1. The van der Waals surface area contributed by atoms with Gasteiger partial charge in [0, 0.05) is 81.2 Å². The number of esters is 1. The van der Waals surface area contributed by atoms with Gasteiger partial charge < -0.3 is 38.6 Å². The van der Waals surface area contributed by atoms with Crippen LogP contribution >= 0.6 is 11.3 Å². The summed E-state index contributed by atoms with van der Waals surface area (Å²) in [5.74, 6) is -6.13. The summed E-state index contributed by atoms with van der Waals surface area (Å²) in [6, 6.07) is 4.45. The third-order valence-electron chi connectivity index (χ3n) is 9.84. The molecule has 0 saturated carbocycles. The summed E-state index contributed by atoms with van der Waals surface area (Å²) in [6.45, 7) is -0.277. The van der Waals surface area contributed by atoms with Crippen LogP contribution in [0.5, 0.6) is 23.0 Å². The van der Waals surface area contributed by atoms with E-state index in [0.717, 1.165) is 16.2 Å². The van der Waals surface area contributed by atoms with Crippen molar-refractivity contribution in [2.75, 3.05) is 47.1 Å². The summed E-state index contributed by atoms with van der Waals surface area (Å²) in [7, 11) is 2.67. The number of aliphatic carboxylic acids is 1. The van der Waals surface area contributed by atoms with Crippen molar-refractivity contribution in [2.45, 2.75) is 70.5 Å². The van der Waals surface area contributed by atoms with E-state index in [9.17, 15) is 33.6 Å². The Morgan fingerprint density at radius 3 is 2.26 bits per heavy atom.